The molecule has 0 spiro atoms. The summed E-state index contributed by atoms with van der Waals surface area (Å²) in [6, 6.07) is 6.11. The molecule has 14 heavy (non-hydrogen) atoms. The molecule has 1 aromatic rings. The van der Waals surface area contributed by atoms with Crippen LogP contribution < -0.4 is 4.74 Å². The first-order valence-corrected chi connectivity index (χ1v) is 6.42. The monoisotopic (exact) mass is 234 g/mol. The van der Waals surface area contributed by atoms with E-state index in [0.717, 1.165) is 0 Å². The van der Waals surface area contributed by atoms with Crippen LogP contribution in [0.1, 0.15) is 13.8 Å². The third-order valence-electron chi connectivity index (χ3n) is 1.46. The van der Waals surface area contributed by atoms with Crippen LogP contribution in [0.2, 0.25) is 0 Å². The summed E-state index contributed by atoms with van der Waals surface area (Å²) in [7, 11) is 1.51. The average Bonchev–Trinajstić information content (AvgIpc) is 2.01. The van der Waals surface area contributed by atoms with Crippen molar-refractivity contribution in [1.82, 2.24) is 0 Å². The van der Waals surface area contributed by atoms with Gasteiger partial charge >= 0.3 is 0 Å². The first kappa shape index (κ1) is 11.3. The molecule has 0 saturated carbocycles. The minimum atomic E-state index is -3.67. The fourth-order valence-corrected chi connectivity index (χ4v) is 1.76. The van der Waals surface area contributed by atoms with E-state index in [1.807, 2.05) is 13.8 Å². The Labute approximate surface area is 88.1 Å². The summed E-state index contributed by atoms with van der Waals surface area (Å²) in [6.45, 7) is 3.73. The van der Waals surface area contributed by atoms with E-state index in [0.29, 0.717) is 5.75 Å². The molecule has 0 atom stereocenters. The first-order chi connectivity index (χ1) is 6.39. The van der Waals surface area contributed by atoms with E-state index in [4.69, 9.17) is 15.4 Å². The van der Waals surface area contributed by atoms with Gasteiger partial charge in [-0.15, -0.1) is 0 Å². The maximum Gasteiger partial charge on any atom is 0.261 e. The van der Waals surface area contributed by atoms with Gasteiger partial charge in [-0.1, -0.05) is 6.07 Å². The summed E-state index contributed by atoms with van der Waals surface area (Å²) < 4.78 is 27.3. The van der Waals surface area contributed by atoms with E-state index in [1.165, 1.54) is 12.1 Å². The number of hydrogen-bond acceptors (Lipinski definition) is 3. The zero-order valence-corrected chi connectivity index (χ0v) is 9.47. The summed E-state index contributed by atoms with van der Waals surface area (Å²) in [5.74, 6) is 0.502. The van der Waals surface area contributed by atoms with Crippen LogP contribution in [-0.2, 0) is 9.05 Å². The summed E-state index contributed by atoms with van der Waals surface area (Å²) in [5, 5.41) is 0. The third kappa shape index (κ3) is 3.20. The average molecular weight is 235 g/mol. The van der Waals surface area contributed by atoms with E-state index in [2.05, 4.69) is 0 Å². The summed E-state index contributed by atoms with van der Waals surface area (Å²) >= 11 is 0. The lowest BCUT2D eigenvalue weighted by atomic mass is 10.3. The first-order valence-electron chi connectivity index (χ1n) is 4.11. The van der Waals surface area contributed by atoms with Gasteiger partial charge in [-0.2, -0.15) is 0 Å². The van der Waals surface area contributed by atoms with Gasteiger partial charge in [-0.3, -0.25) is 0 Å². The number of rotatable bonds is 3. The van der Waals surface area contributed by atoms with Gasteiger partial charge in [0.25, 0.3) is 9.05 Å². The Bertz CT molecular complexity index is 412. The smallest absolute Gasteiger partial charge is 0.261 e. The second-order valence-electron chi connectivity index (χ2n) is 3.08. The molecule has 0 aliphatic heterocycles. The minimum Gasteiger partial charge on any atom is -0.491 e. The molecule has 0 heterocycles. The predicted octanol–water partition coefficient (Wildman–Crippen LogP) is 2.40. The Morgan fingerprint density at radius 2 is 2.00 bits per heavy atom. The van der Waals surface area contributed by atoms with Crippen molar-refractivity contribution in [2.45, 2.75) is 24.8 Å². The van der Waals surface area contributed by atoms with Gasteiger partial charge in [-0.05, 0) is 26.0 Å². The fourth-order valence-electron chi connectivity index (χ4n) is 0.971. The lowest BCUT2D eigenvalue weighted by molar-refractivity contribution is 0.242. The van der Waals surface area contributed by atoms with Crippen LogP contribution >= 0.6 is 10.7 Å². The zero-order valence-electron chi connectivity index (χ0n) is 7.90. The van der Waals surface area contributed by atoms with Crippen LogP contribution in [-0.4, -0.2) is 14.5 Å². The van der Waals surface area contributed by atoms with E-state index in [9.17, 15) is 8.42 Å². The fraction of sp³-hybridized carbons (Fsp3) is 0.333. The van der Waals surface area contributed by atoms with E-state index in [1.54, 1.807) is 12.1 Å². The molecule has 1 aromatic carbocycles. The maximum absolute atomic E-state index is 11.0. The van der Waals surface area contributed by atoms with Crippen LogP contribution in [0.3, 0.4) is 0 Å². The number of ether oxygens (including phenoxy) is 1. The highest BCUT2D eigenvalue weighted by Gasteiger charge is 2.10. The standard InChI is InChI=1S/C9H11ClO3S/c1-7(2)13-8-4-3-5-9(6-8)14(10,11)12/h3-7H,1-2H3. The van der Waals surface area contributed by atoms with Crippen LogP contribution in [0.15, 0.2) is 29.2 Å². The molecule has 5 heteroatoms. The molecule has 0 N–H and O–H groups in total. The molecular weight excluding hydrogens is 224 g/mol. The van der Waals surface area contributed by atoms with Gasteiger partial charge < -0.3 is 4.74 Å². The Hall–Kier alpha value is -0.740. The molecule has 0 aliphatic rings. The molecule has 0 amide bonds. The third-order valence-corrected chi connectivity index (χ3v) is 2.81. The van der Waals surface area contributed by atoms with Crippen molar-refractivity contribution in [1.29, 1.82) is 0 Å². The van der Waals surface area contributed by atoms with Crippen molar-refractivity contribution in [3.63, 3.8) is 0 Å². The van der Waals surface area contributed by atoms with Crippen molar-refractivity contribution >= 4 is 19.7 Å². The van der Waals surface area contributed by atoms with E-state index >= 15 is 0 Å². The highest BCUT2D eigenvalue weighted by molar-refractivity contribution is 8.13. The molecular formula is C9H11ClO3S. The summed E-state index contributed by atoms with van der Waals surface area (Å²) in [4.78, 5) is 0.0531. The Morgan fingerprint density at radius 1 is 1.36 bits per heavy atom. The highest BCUT2D eigenvalue weighted by atomic mass is 35.7. The Morgan fingerprint density at radius 3 is 2.50 bits per heavy atom. The van der Waals surface area contributed by atoms with Gasteiger partial charge in [0.2, 0.25) is 0 Å². The van der Waals surface area contributed by atoms with Crippen LogP contribution in [0.25, 0.3) is 0 Å². The molecule has 78 valence electrons. The number of halogens is 1. The van der Waals surface area contributed by atoms with Crippen molar-refractivity contribution in [2.24, 2.45) is 0 Å². The van der Waals surface area contributed by atoms with Crippen molar-refractivity contribution < 1.29 is 13.2 Å². The van der Waals surface area contributed by atoms with Gasteiger partial charge in [-0.25, -0.2) is 8.42 Å². The van der Waals surface area contributed by atoms with Gasteiger partial charge in [0.15, 0.2) is 0 Å². The number of hydrogen-bond donors (Lipinski definition) is 0. The second-order valence-corrected chi connectivity index (χ2v) is 5.65. The normalized spacial score (nSPS) is 11.7. The predicted molar refractivity (Wildman–Crippen MR) is 55.2 cm³/mol. The quantitative estimate of drug-likeness (QED) is 0.755. The Balaban J connectivity index is 3.02. The molecule has 0 unspecified atom stereocenters. The van der Waals surface area contributed by atoms with Gasteiger partial charge in [0, 0.05) is 16.7 Å². The van der Waals surface area contributed by atoms with Crippen molar-refractivity contribution in [3.05, 3.63) is 24.3 Å². The van der Waals surface area contributed by atoms with Crippen LogP contribution in [0, 0.1) is 0 Å². The van der Waals surface area contributed by atoms with Crippen LogP contribution in [0.4, 0.5) is 0 Å². The summed E-state index contributed by atoms with van der Waals surface area (Å²) in [6.07, 6.45) is 0.00304. The topological polar surface area (TPSA) is 43.4 Å². The second kappa shape index (κ2) is 4.19. The zero-order chi connectivity index (χ0) is 10.8. The molecule has 0 radical (unpaired) electrons. The van der Waals surface area contributed by atoms with E-state index in [-0.39, 0.29) is 11.0 Å². The molecule has 0 aromatic heterocycles. The van der Waals surface area contributed by atoms with E-state index < -0.39 is 9.05 Å². The lowest BCUT2D eigenvalue weighted by Gasteiger charge is -2.09. The molecule has 1 rings (SSSR count). The number of benzene rings is 1. The van der Waals surface area contributed by atoms with Gasteiger partial charge in [0.05, 0.1) is 11.0 Å². The largest absolute Gasteiger partial charge is 0.491 e. The lowest BCUT2D eigenvalue weighted by Crippen LogP contribution is -2.05. The molecule has 0 bridgehead atoms. The van der Waals surface area contributed by atoms with Gasteiger partial charge in [0.1, 0.15) is 5.75 Å². The molecule has 3 nitrogen and oxygen atoms in total. The molecule has 0 fully saturated rings. The molecule has 0 saturated heterocycles. The Kier molecular flexibility index (Phi) is 3.39. The van der Waals surface area contributed by atoms with Crippen molar-refractivity contribution in [2.75, 3.05) is 0 Å². The van der Waals surface area contributed by atoms with Crippen molar-refractivity contribution in [3.8, 4) is 5.75 Å². The minimum absolute atomic E-state index is 0.00304. The summed E-state index contributed by atoms with van der Waals surface area (Å²) in [5.41, 5.74) is 0. The highest BCUT2D eigenvalue weighted by Crippen LogP contribution is 2.21. The molecule has 0 aliphatic carbocycles. The van der Waals surface area contributed by atoms with Crippen LogP contribution in [0.5, 0.6) is 5.75 Å². The maximum atomic E-state index is 11.0. The SMILES string of the molecule is CC(C)Oc1cccc(S(=O)(=O)Cl)c1.